The summed E-state index contributed by atoms with van der Waals surface area (Å²) in [7, 11) is 0. The van der Waals surface area contributed by atoms with Gasteiger partial charge < -0.3 is 20.1 Å². The molecule has 0 bridgehead atoms. The van der Waals surface area contributed by atoms with Gasteiger partial charge in [0.2, 0.25) is 0 Å². The van der Waals surface area contributed by atoms with Gasteiger partial charge in [-0.05, 0) is 39.0 Å². The number of aromatic amines is 1. The quantitative estimate of drug-likeness (QED) is 0.372. The van der Waals surface area contributed by atoms with Crippen molar-refractivity contribution in [1.82, 2.24) is 10.3 Å². The average Bonchev–Trinajstić information content (AvgIpc) is 2.96. The highest BCUT2D eigenvalue weighted by Crippen LogP contribution is 2.31. The second kappa shape index (κ2) is 8.69. The first kappa shape index (κ1) is 20.9. The summed E-state index contributed by atoms with van der Waals surface area (Å²) >= 11 is 3.49. The largest absolute Gasteiger partial charge is 0.494 e. The number of hydrogen-bond donors (Lipinski definition) is 3. The minimum atomic E-state index is -0.550. The lowest BCUT2D eigenvalue weighted by Gasteiger charge is -2.19. The molecule has 0 aliphatic carbocycles. The standard InChI is InChI=1S/C22H24BrN3O3/c1-22(2,3)29-21(28)25-12-11-24-19(14-7-5-4-6-8-14)18-16-13-15(23)9-10-17(16)26-20(18)27/h4-10,13,26-27H,11-12H2,1-3H3,(H,25,28). The number of alkyl carbamates (subject to hydrolysis) is 1. The maximum Gasteiger partial charge on any atom is 0.407 e. The van der Waals surface area contributed by atoms with Crippen molar-refractivity contribution in [1.29, 1.82) is 0 Å². The van der Waals surface area contributed by atoms with E-state index in [0.29, 0.717) is 24.4 Å². The summed E-state index contributed by atoms with van der Waals surface area (Å²) < 4.78 is 6.15. The summed E-state index contributed by atoms with van der Waals surface area (Å²) in [6.07, 6.45) is -0.479. The molecule has 0 aliphatic rings. The first-order chi connectivity index (χ1) is 13.7. The Morgan fingerprint density at radius 1 is 1.21 bits per heavy atom. The highest BCUT2D eigenvalue weighted by molar-refractivity contribution is 9.10. The molecule has 0 saturated heterocycles. The third-order valence-corrected chi connectivity index (χ3v) is 4.57. The van der Waals surface area contributed by atoms with E-state index < -0.39 is 11.7 Å². The Morgan fingerprint density at radius 3 is 2.62 bits per heavy atom. The van der Waals surface area contributed by atoms with Gasteiger partial charge in [-0.3, -0.25) is 4.99 Å². The molecule has 1 aromatic heterocycles. The van der Waals surface area contributed by atoms with Crippen LogP contribution in [-0.2, 0) is 4.74 Å². The molecular weight excluding hydrogens is 434 g/mol. The fourth-order valence-corrected chi connectivity index (χ4v) is 3.30. The van der Waals surface area contributed by atoms with Gasteiger partial charge in [0, 0.05) is 27.5 Å². The molecule has 7 heteroatoms. The van der Waals surface area contributed by atoms with Gasteiger partial charge in [-0.1, -0.05) is 46.3 Å². The number of nitrogens with zero attached hydrogens (tertiary/aromatic N) is 1. The molecule has 1 amide bonds. The first-order valence-electron chi connectivity index (χ1n) is 9.32. The van der Waals surface area contributed by atoms with Gasteiger partial charge in [0.05, 0.1) is 17.8 Å². The third kappa shape index (κ3) is 5.38. The van der Waals surface area contributed by atoms with Crippen LogP contribution in [0, 0.1) is 0 Å². The fourth-order valence-electron chi connectivity index (χ4n) is 2.94. The lowest BCUT2D eigenvalue weighted by atomic mass is 10.0. The Balaban J connectivity index is 1.89. The van der Waals surface area contributed by atoms with Gasteiger partial charge in [-0.15, -0.1) is 0 Å². The molecule has 6 nitrogen and oxygen atoms in total. The molecule has 2 aromatic carbocycles. The summed E-state index contributed by atoms with van der Waals surface area (Å²) in [6, 6.07) is 15.4. The van der Waals surface area contributed by atoms with Gasteiger partial charge in [0.25, 0.3) is 0 Å². The van der Waals surface area contributed by atoms with Gasteiger partial charge in [0.15, 0.2) is 5.88 Å². The minimum absolute atomic E-state index is 0.0563. The number of carbonyl (C=O) groups is 1. The molecular formula is C22H24BrN3O3. The lowest BCUT2D eigenvalue weighted by molar-refractivity contribution is 0.0529. The number of ether oxygens (including phenoxy) is 1. The van der Waals surface area contributed by atoms with Crippen molar-refractivity contribution >= 4 is 38.6 Å². The van der Waals surface area contributed by atoms with E-state index in [9.17, 15) is 9.90 Å². The maximum absolute atomic E-state index is 11.8. The highest BCUT2D eigenvalue weighted by Gasteiger charge is 2.19. The van der Waals surface area contributed by atoms with Crippen molar-refractivity contribution in [2.75, 3.05) is 13.1 Å². The summed E-state index contributed by atoms with van der Waals surface area (Å²) in [6.45, 7) is 6.10. The predicted octanol–water partition coefficient (Wildman–Crippen LogP) is 5.00. The summed E-state index contributed by atoms with van der Waals surface area (Å²) in [5.74, 6) is 0.0563. The molecule has 29 heavy (non-hydrogen) atoms. The smallest absolute Gasteiger partial charge is 0.407 e. The summed E-state index contributed by atoms with van der Waals surface area (Å²) in [5.41, 5.74) is 2.42. The Kier molecular flexibility index (Phi) is 6.27. The number of H-pyrrole nitrogens is 1. The van der Waals surface area contributed by atoms with E-state index in [4.69, 9.17) is 9.73 Å². The number of carbonyl (C=O) groups excluding carboxylic acids is 1. The molecule has 152 valence electrons. The van der Waals surface area contributed by atoms with Gasteiger partial charge in [-0.2, -0.15) is 0 Å². The summed E-state index contributed by atoms with van der Waals surface area (Å²) in [4.78, 5) is 19.5. The number of aromatic hydroxyl groups is 1. The maximum atomic E-state index is 11.8. The van der Waals surface area contributed by atoms with Crippen LogP contribution in [0.4, 0.5) is 4.79 Å². The van der Waals surface area contributed by atoms with Gasteiger partial charge in [0.1, 0.15) is 5.60 Å². The number of aromatic nitrogens is 1. The van der Waals surface area contributed by atoms with Crippen molar-refractivity contribution < 1.29 is 14.6 Å². The number of amides is 1. The van der Waals surface area contributed by atoms with Crippen molar-refractivity contribution in [3.63, 3.8) is 0 Å². The van der Waals surface area contributed by atoms with Crippen molar-refractivity contribution in [2.45, 2.75) is 26.4 Å². The molecule has 0 saturated carbocycles. The van der Waals surface area contributed by atoms with Crippen LogP contribution in [0.15, 0.2) is 58.0 Å². The molecule has 3 N–H and O–H groups in total. The third-order valence-electron chi connectivity index (χ3n) is 4.07. The molecule has 0 atom stereocenters. The topological polar surface area (TPSA) is 86.7 Å². The Labute approximate surface area is 178 Å². The van der Waals surface area contributed by atoms with Gasteiger partial charge >= 0.3 is 6.09 Å². The first-order valence-corrected chi connectivity index (χ1v) is 10.1. The monoisotopic (exact) mass is 457 g/mol. The van der Waals surface area contributed by atoms with Crippen molar-refractivity contribution in [3.05, 3.63) is 64.1 Å². The predicted molar refractivity (Wildman–Crippen MR) is 119 cm³/mol. The summed E-state index contributed by atoms with van der Waals surface area (Å²) in [5, 5.41) is 14.2. The van der Waals surface area contributed by atoms with E-state index in [1.54, 1.807) is 0 Å². The SMILES string of the molecule is CC(C)(C)OC(=O)NCCN=C(c1ccccc1)c1c(O)[nH]c2ccc(Br)cc12. The number of benzene rings is 2. The van der Waals surface area contributed by atoms with E-state index in [0.717, 1.165) is 20.9 Å². The van der Waals surface area contributed by atoms with Crippen LogP contribution in [0.25, 0.3) is 10.9 Å². The number of nitrogens with one attached hydrogen (secondary N) is 2. The van der Waals surface area contributed by atoms with Crippen LogP contribution >= 0.6 is 15.9 Å². The Hall–Kier alpha value is -2.80. The zero-order valence-corrected chi connectivity index (χ0v) is 18.2. The normalized spacial score (nSPS) is 12.2. The molecule has 0 aliphatic heterocycles. The molecule has 0 radical (unpaired) electrons. The second-order valence-corrected chi connectivity index (χ2v) is 8.48. The molecule has 0 spiro atoms. The zero-order valence-electron chi connectivity index (χ0n) is 16.6. The van der Waals surface area contributed by atoms with Crippen molar-refractivity contribution in [2.24, 2.45) is 4.99 Å². The minimum Gasteiger partial charge on any atom is -0.494 e. The Morgan fingerprint density at radius 2 is 1.93 bits per heavy atom. The van der Waals surface area contributed by atoms with Crippen LogP contribution in [0.1, 0.15) is 31.9 Å². The number of rotatable bonds is 5. The number of hydrogen-bond acceptors (Lipinski definition) is 4. The average molecular weight is 458 g/mol. The van der Waals surface area contributed by atoms with Gasteiger partial charge in [-0.25, -0.2) is 4.79 Å². The van der Waals surface area contributed by atoms with E-state index >= 15 is 0 Å². The van der Waals surface area contributed by atoms with Crippen LogP contribution < -0.4 is 5.32 Å². The zero-order chi connectivity index (χ0) is 21.0. The Bertz CT molecular complexity index is 1040. The van der Waals surface area contributed by atoms with Crippen molar-refractivity contribution in [3.8, 4) is 5.88 Å². The molecule has 3 aromatic rings. The van der Waals surface area contributed by atoms with E-state index in [1.165, 1.54) is 0 Å². The molecule has 3 rings (SSSR count). The van der Waals surface area contributed by atoms with Crippen LogP contribution in [-0.4, -0.2) is 40.6 Å². The van der Waals surface area contributed by atoms with Crippen LogP contribution in [0.2, 0.25) is 0 Å². The molecule has 1 heterocycles. The number of fused-ring (bicyclic) bond motifs is 1. The van der Waals surface area contributed by atoms with E-state index in [-0.39, 0.29) is 5.88 Å². The fraction of sp³-hybridized carbons (Fsp3) is 0.273. The molecule has 0 unspecified atom stereocenters. The number of aliphatic imine (C=N–C) groups is 1. The lowest BCUT2D eigenvalue weighted by Crippen LogP contribution is -2.33. The van der Waals surface area contributed by atoms with Crippen LogP contribution in [0.5, 0.6) is 5.88 Å². The molecule has 0 fully saturated rings. The van der Waals surface area contributed by atoms with Crippen LogP contribution in [0.3, 0.4) is 0 Å². The van der Waals surface area contributed by atoms with E-state index in [1.807, 2.05) is 69.3 Å². The van der Waals surface area contributed by atoms with E-state index in [2.05, 4.69) is 26.2 Å². The second-order valence-electron chi connectivity index (χ2n) is 7.56. The number of halogens is 1. The highest BCUT2D eigenvalue weighted by atomic mass is 79.9.